The average molecular weight is 265 g/mol. The molecule has 1 spiro atoms. The van der Waals surface area contributed by atoms with Crippen molar-refractivity contribution in [2.75, 3.05) is 13.2 Å². The van der Waals surface area contributed by atoms with Crippen LogP contribution in [-0.2, 0) is 9.47 Å². The van der Waals surface area contributed by atoms with Crippen molar-refractivity contribution in [2.45, 2.75) is 44.4 Å². The van der Waals surface area contributed by atoms with Crippen LogP contribution in [-0.4, -0.2) is 30.9 Å². The summed E-state index contributed by atoms with van der Waals surface area (Å²) in [6, 6.07) is 1.81. The van der Waals surface area contributed by atoms with Gasteiger partial charge in [-0.15, -0.1) is 0 Å². The number of carbonyl (C=O) groups excluding carboxylic acids is 1. The second-order valence-corrected chi connectivity index (χ2v) is 5.26. The number of amides is 1. The number of ether oxygens (including phenoxy) is 2. The zero-order valence-electron chi connectivity index (χ0n) is 11.1. The molecule has 5 heteroatoms. The number of hydrogen-bond acceptors (Lipinski definition) is 4. The molecule has 1 saturated heterocycles. The van der Waals surface area contributed by atoms with Gasteiger partial charge in [-0.25, -0.2) is 0 Å². The first-order chi connectivity index (χ1) is 9.19. The fourth-order valence-electron chi connectivity index (χ4n) is 2.96. The fraction of sp³-hybridized carbons (Fsp3) is 0.643. The van der Waals surface area contributed by atoms with Gasteiger partial charge in [0.2, 0.25) is 0 Å². The van der Waals surface area contributed by atoms with Gasteiger partial charge in [-0.2, -0.15) is 0 Å². The minimum atomic E-state index is -0.457. The maximum atomic E-state index is 12.1. The van der Waals surface area contributed by atoms with Crippen molar-refractivity contribution in [3.8, 4) is 0 Å². The van der Waals surface area contributed by atoms with E-state index in [1.165, 1.54) is 6.26 Å². The van der Waals surface area contributed by atoms with Crippen LogP contribution in [0, 0.1) is 6.92 Å². The number of carbonyl (C=O) groups is 1. The van der Waals surface area contributed by atoms with E-state index >= 15 is 0 Å². The van der Waals surface area contributed by atoms with Crippen molar-refractivity contribution >= 4 is 5.91 Å². The first-order valence-electron chi connectivity index (χ1n) is 6.81. The third-order valence-corrected chi connectivity index (χ3v) is 3.92. The Bertz CT molecular complexity index is 462. The number of furan rings is 1. The maximum Gasteiger partial charge on any atom is 0.255 e. The molecule has 2 heterocycles. The van der Waals surface area contributed by atoms with E-state index in [0.717, 1.165) is 25.7 Å². The molecule has 2 aliphatic rings. The van der Waals surface area contributed by atoms with Crippen molar-refractivity contribution in [2.24, 2.45) is 0 Å². The highest BCUT2D eigenvalue weighted by Gasteiger charge is 2.41. The molecule has 1 aliphatic heterocycles. The van der Waals surface area contributed by atoms with Crippen LogP contribution in [0.2, 0.25) is 0 Å². The monoisotopic (exact) mass is 265 g/mol. The SMILES string of the molecule is Cc1occc1C(=O)N[C@H]1CCCC2(C1)OCCO2. The molecule has 1 amide bonds. The van der Waals surface area contributed by atoms with Gasteiger partial charge in [0, 0.05) is 18.9 Å². The Hall–Kier alpha value is -1.33. The summed E-state index contributed by atoms with van der Waals surface area (Å²) in [5, 5.41) is 3.05. The minimum absolute atomic E-state index is 0.0775. The van der Waals surface area contributed by atoms with E-state index < -0.39 is 5.79 Å². The summed E-state index contributed by atoms with van der Waals surface area (Å²) in [4.78, 5) is 12.1. The highest BCUT2D eigenvalue weighted by molar-refractivity contribution is 5.95. The number of hydrogen-bond donors (Lipinski definition) is 1. The molecule has 3 rings (SSSR count). The van der Waals surface area contributed by atoms with Gasteiger partial charge >= 0.3 is 0 Å². The predicted octanol–water partition coefficient (Wildman–Crippen LogP) is 2.00. The summed E-state index contributed by atoms with van der Waals surface area (Å²) < 4.78 is 16.6. The molecule has 1 aliphatic carbocycles. The highest BCUT2D eigenvalue weighted by Crippen LogP contribution is 2.35. The lowest BCUT2D eigenvalue weighted by Crippen LogP contribution is -2.46. The Morgan fingerprint density at radius 1 is 1.42 bits per heavy atom. The van der Waals surface area contributed by atoms with Crippen molar-refractivity contribution in [1.29, 1.82) is 0 Å². The molecule has 1 saturated carbocycles. The largest absolute Gasteiger partial charge is 0.469 e. The van der Waals surface area contributed by atoms with Gasteiger partial charge in [-0.3, -0.25) is 4.79 Å². The normalized spacial score (nSPS) is 25.6. The molecule has 5 nitrogen and oxygen atoms in total. The Morgan fingerprint density at radius 2 is 2.21 bits per heavy atom. The third kappa shape index (κ3) is 2.53. The lowest BCUT2D eigenvalue weighted by Gasteiger charge is -2.36. The van der Waals surface area contributed by atoms with Crippen LogP contribution in [0.5, 0.6) is 0 Å². The van der Waals surface area contributed by atoms with Crippen LogP contribution < -0.4 is 5.32 Å². The van der Waals surface area contributed by atoms with Gasteiger partial charge < -0.3 is 19.2 Å². The van der Waals surface area contributed by atoms with Crippen molar-refractivity contribution in [3.05, 3.63) is 23.7 Å². The number of rotatable bonds is 2. The lowest BCUT2D eigenvalue weighted by atomic mass is 9.89. The van der Waals surface area contributed by atoms with Gasteiger partial charge in [-0.1, -0.05) is 0 Å². The van der Waals surface area contributed by atoms with Gasteiger partial charge in [0.05, 0.1) is 25.0 Å². The molecule has 104 valence electrons. The lowest BCUT2D eigenvalue weighted by molar-refractivity contribution is -0.181. The molecule has 0 radical (unpaired) electrons. The van der Waals surface area contributed by atoms with Crippen molar-refractivity contribution < 1.29 is 18.7 Å². The standard InChI is InChI=1S/C14H19NO4/c1-10-12(4-6-17-10)13(16)15-11-3-2-5-14(9-11)18-7-8-19-14/h4,6,11H,2-3,5,7-9H2,1H3,(H,15,16)/t11-/m0/s1. The Kier molecular flexibility index (Phi) is 3.33. The maximum absolute atomic E-state index is 12.1. The summed E-state index contributed by atoms with van der Waals surface area (Å²) in [6.07, 6.45) is 5.17. The zero-order valence-corrected chi connectivity index (χ0v) is 11.1. The van der Waals surface area contributed by atoms with Crippen LogP contribution in [0.1, 0.15) is 41.8 Å². The average Bonchev–Trinajstić information content (AvgIpc) is 2.99. The summed E-state index contributed by atoms with van der Waals surface area (Å²) in [5.41, 5.74) is 0.605. The van der Waals surface area contributed by atoms with E-state index in [1.807, 2.05) is 0 Å². The number of nitrogens with one attached hydrogen (secondary N) is 1. The van der Waals surface area contributed by atoms with Crippen LogP contribution in [0.25, 0.3) is 0 Å². The first kappa shape index (κ1) is 12.7. The van der Waals surface area contributed by atoms with E-state index in [0.29, 0.717) is 24.5 Å². The van der Waals surface area contributed by atoms with E-state index in [1.54, 1.807) is 13.0 Å². The van der Waals surface area contributed by atoms with Crippen LogP contribution >= 0.6 is 0 Å². The van der Waals surface area contributed by atoms with E-state index in [-0.39, 0.29) is 11.9 Å². The molecule has 1 atom stereocenters. The van der Waals surface area contributed by atoms with Crippen LogP contribution in [0.4, 0.5) is 0 Å². The second-order valence-electron chi connectivity index (χ2n) is 5.26. The molecule has 2 fully saturated rings. The Balaban J connectivity index is 1.63. The molecule has 1 N–H and O–H groups in total. The molecule has 19 heavy (non-hydrogen) atoms. The predicted molar refractivity (Wildman–Crippen MR) is 67.8 cm³/mol. The van der Waals surface area contributed by atoms with Gasteiger partial charge in [0.1, 0.15) is 5.76 Å². The van der Waals surface area contributed by atoms with Crippen LogP contribution in [0.3, 0.4) is 0 Å². The quantitative estimate of drug-likeness (QED) is 0.888. The van der Waals surface area contributed by atoms with E-state index in [2.05, 4.69) is 5.32 Å². The summed E-state index contributed by atoms with van der Waals surface area (Å²) in [5.74, 6) is 0.115. The minimum Gasteiger partial charge on any atom is -0.469 e. The zero-order chi connectivity index (χ0) is 13.3. The van der Waals surface area contributed by atoms with Crippen molar-refractivity contribution in [1.82, 2.24) is 5.32 Å². The fourth-order valence-corrected chi connectivity index (χ4v) is 2.96. The first-order valence-corrected chi connectivity index (χ1v) is 6.81. The van der Waals surface area contributed by atoms with Crippen LogP contribution in [0.15, 0.2) is 16.7 Å². The molecule has 1 aromatic heterocycles. The van der Waals surface area contributed by atoms with Gasteiger partial charge in [0.15, 0.2) is 5.79 Å². The van der Waals surface area contributed by atoms with Gasteiger partial charge in [-0.05, 0) is 25.8 Å². The summed E-state index contributed by atoms with van der Waals surface area (Å²) >= 11 is 0. The summed E-state index contributed by atoms with van der Waals surface area (Å²) in [7, 11) is 0. The van der Waals surface area contributed by atoms with E-state index in [9.17, 15) is 4.79 Å². The highest BCUT2D eigenvalue weighted by atomic mass is 16.7. The Morgan fingerprint density at radius 3 is 2.89 bits per heavy atom. The second kappa shape index (κ2) is 4.98. The third-order valence-electron chi connectivity index (χ3n) is 3.92. The topological polar surface area (TPSA) is 60.7 Å². The number of aryl methyl sites for hydroxylation is 1. The smallest absolute Gasteiger partial charge is 0.255 e. The van der Waals surface area contributed by atoms with Gasteiger partial charge in [0.25, 0.3) is 5.91 Å². The molecular formula is C14H19NO4. The molecule has 0 bridgehead atoms. The molecular weight excluding hydrogens is 246 g/mol. The molecule has 0 aromatic carbocycles. The Labute approximate surface area is 112 Å². The molecule has 0 unspecified atom stereocenters. The van der Waals surface area contributed by atoms with Crippen molar-refractivity contribution in [3.63, 3.8) is 0 Å². The summed E-state index contributed by atoms with van der Waals surface area (Å²) in [6.45, 7) is 3.10. The molecule has 1 aromatic rings. The van der Waals surface area contributed by atoms with E-state index in [4.69, 9.17) is 13.9 Å².